The van der Waals surface area contributed by atoms with Crippen LogP contribution < -0.4 is 5.56 Å². The molecule has 0 spiro atoms. The summed E-state index contributed by atoms with van der Waals surface area (Å²) in [5.41, 5.74) is 1.06. The molecule has 0 saturated carbocycles. The molecule has 1 aromatic carbocycles. The van der Waals surface area contributed by atoms with E-state index in [0.29, 0.717) is 17.8 Å². The molecule has 0 atom stereocenters. The number of aryl methyl sites for hydroxylation is 1. The second-order valence-corrected chi connectivity index (χ2v) is 3.56. The van der Waals surface area contributed by atoms with Gasteiger partial charge in [-0.2, -0.15) is 0 Å². The van der Waals surface area contributed by atoms with Crippen LogP contribution in [0, 0.1) is 12.4 Å². The third kappa shape index (κ3) is 2.11. The Morgan fingerprint density at radius 2 is 2.18 bits per heavy atom. The molecule has 1 aromatic heterocycles. The van der Waals surface area contributed by atoms with E-state index in [2.05, 4.69) is 9.94 Å². The van der Waals surface area contributed by atoms with E-state index in [9.17, 15) is 9.18 Å². The normalized spacial score (nSPS) is 10.2. The molecule has 0 aliphatic heterocycles. The number of nitrogens with zero attached hydrogens (tertiary/aromatic N) is 2. The minimum atomic E-state index is -0.487. The minimum absolute atomic E-state index is 0.170. The Kier molecular flexibility index (Phi) is 2.79. The van der Waals surface area contributed by atoms with Gasteiger partial charge in [-0.25, -0.2) is 9.24 Å². The van der Waals surface area contributed by atoms with E-state index in [1.54, 1.807) is 6.07 Å². The highest BCUT2D eigenvalue weighted by Gasteiger charge is 2.07. The molecular formula is C12H10FN3O. The highest BCUT2D eigenvalue weighted by atomic mass is 19.1. The Morgan fingerprint density at radius 1 is 1.41 bits per heavy atom. The van der Waals surface area contributed by atoms with Crippen LogP contribution in [0.3, 0.4) is 0 Å². The number of halogens is 1. The van der Waals surface area contributed by atoms with Crippen molar-refractivity contribution >= 4 is 5.69 Å². The fourth-order valence-electron chi connectivity index (χ4n) is 1.61. The average Bonchev–Trinajstić information content (AvgIpc) is 2.69. The molecule has 86 valence electrons. The summed E-state index contributed by atoms with van der Waals surface area (Å²) >= 11 is 0. The van der Waals surface area contributed by atoms with Crippen molar-refractivity contribution in [2.75, 3.05) is 0 Å². The molecule has 2 aromatic rings. The number of benzene rings is 1. The highest BCUT2D eigenvalue weighted by molar-refractivity contribution is 5.65. The zero-order valence-corrected chi connectivity index (χ0v) is 9.20. The van der Waals surface area contributed by atoms with Gasteiger partial charge >= 0.3 is 0 Å². The van der Waals surface area contributed by atoms with Gasteiger partial charge in [0.1, 0.15) is 5.82 Å². The third-order valence-corrected chi connectivity index (χ3v) is 2.43. The number of nitrogens with one attached hydrogen (secondary N) is 1. The molecule has 5 heteroatoms. The molecule has 2 rings (SSSR count). The van der Waals surface area contributed by atoms with E-state index in [1.807, 2.05) is 6.92 Å². The third-order valence-electron chi connectivity index (χ3n) is 2.43. The van der Waals surface area contributed by atoms with Crippen LogP contribution in [0.2, 0.25) is 0 Å². The lowest BCUT2D eigenvalue weighted by Gasteiger charge is -2.00. The minimum Gasteiger partial charge on any atom is -0.295 e. The smallest absolute Gasteiger partial charge is 0.267 e. The van der Waals surface area contributed by atoms with E-state index < -0.39 is 5.82 Å². The van der Waals surface area contributed by atoms with Gasteiger partial charge in [-0.05, 0) is 30.7 Å². The molecule has 1 N–H and O–H groups in total. The summed E-state index contributed by atoms with van der Waals surface area (Å²) in [4.78, 5) is 14.6. The van der Waals surface area contributed by atoms with E-state index in [4.69, 9.17) is 6.57 Å². The molecule has 0 bridgehead atoms. The second kappa shape index (κ2) is 4.26. The molecule has 0 aliphatic rings. The first-order valence-corrected chi connectivity index (χ1v) is 5.12. The summed E-state index contributed by atoms with van der Waals surface area (Å²) in [5.74, 6) is -0.487. The monoisotopic (exact) mass is 231 g/mol. The van der Waals surface area contributed by atoms with Crippen LogP contribution in [-0.2, 0) is 6.54 Å². The zero-order chi connectivity index (χ0) is 12.4. The summed E-state index contributed by atoms with van der Waals surface area (Å²) in [7, 11) is 0. The maximum absolute atomic E-state index is 13.2. The van der Waals surface area contributed by atoms with Crippen molar-refractivity contribution in [2.45, 2.75) is 13.5 Å². The fourth-order valence-corrected chi connectivity index (χ4v) is 1.61. The van der Waals surface area contributed by atoms with Crippen molar-refractivity contribution in [3.05, 3.63) is 51.9 Å². The SMILES string of the molecule is [C-]#[N+]c1cc(F)cc(-c2cc(=O)n(CC)[nH]2)c1. The largest absolute Gasteiger partial charge is 0.295 e. The van der Waals surface area contributed by atoms with Crippen molar-refractivity contribution in [3.63, 3.8) is 0 Å². The lowest BCUT2D eigenvalue weighted by molar-refractivity contribution is 0.628. The van der Waals surface area contributed by atoms with E-state index in [-0.39, 0.29) is 11.2 Å². The predicted octanol–water partition coefficient (Wildman–Crippen LogP) is 2.55. The summed E-state index contributed by atoms with van der Waals surface area (Å²) < 4.78 is 14.7. The van der Waals surface area contributed by atoms with E-state index in [1.165, 1.54) is 16.8 Å². The van der Waals surface area contributed by atoms with Gasteiger partial charge in [0, 0.05) is 12.6 Å². The van der Waals surface area contributed by atoms with Crippen LogP contribution >= 0.6 is 0 Å². The summed E-state index contributed by atoms with van der Waals surface area (Å²) in [6, 6.07) is 5.39. The fraction of sp³-hybridized carbons (Fsp3) is 0.167. The number of aromatic nitrogens is 2. The number of aromatic amines is 1. The second-order valence-electron chi connectivity index (χ2n) is 3.56. The van der Waals surface area contributed by atoms with Crippen LogP contribution in [0.4, 0.5) is 10.1 Å². The topological polar surface area (TPSA) is 42.1 Å². The molecule has 0 fully saturated rings. The first-order valence-electron chi connectivity index (χ1n) is 5.12. The number of hydrogen-bond donors (Lipinski definition) is 1. The molecular weight excluding hydrogens is 221 g/mol. The van der Waals surface area contributed by atoms with Crippen molar-refractivity contribution in [2.24, 2.45) is 0 Å². The maximum Gasteiger partial charge on any atom is 0.267 e. The Bertz CT molecular complexity index is 649. The van der Waals surface area contributed by atoms with Crippen LogP contribution in [0.5, 0.6) is 0 Å². The molecule has 17 heavy (non-hydrogen) atoms. The first kappa shape index (κ1) is 11.1. The van der Waals surface area contributed by atoms with Gasteiger partial charge in [0.15, 0.2) is 5.69 Å². The Balaban J connectivity index is 2.56. The van der Waals surface area contributed by atoms with Gasteiger partial charge in [0.25, 0.3) is 5.56 Å². The predicted molar refractivity (Wildman–Crippen MR) is 62.4 cm³/mol. The molecule has 0 radical (unpaired) electrons. The average molecular weight is 231 g/mol. The lowest BCUT2D eigenvalue weighted by atomic mass is 10.1. The number of H-pyrrole nitrogens is 1. The summed E-state index contributed by atoms with van der Waals surface area (Å²) in [6.07, 6.45) is 0. The van der Waals surface area contributed by atoms with Crippen molar-refractivity contribution in [1.82, 2.24) is 9.78 Å². The van der Waals surface area contributed by atoms with Crippen molar-refractivity contribution < 1.29 is 4.39 Å². The van der Waals surface area contributed by atoms with Crippen LogP contribution in [-0.4, -0.2) is 9.78 Å². The molecule has 0 unspecified atom stereocenters. The van der Waals surface area contributed by atoms with Gasteiger partial charge in [0.05, 0.1) is 12.3 Å². The van der Waals surface area contributed by atoms with Gasteiger partial charge < -0.3 is 0 Å². The molecule has 0 amide bonds. The van der Waals surface area contributed by atoms with Gasteiger partial charge in [-0.3, -0.25) is 14.6 Å². The highest BCUT2D eigenvalue weighted by Crippen LogP contribution is 2.23. The summed E-state index contributed by atoms with van der Waals surface area (Å²) in [6.45, 7) is 9.21. The Hall–Kier alpha value is -2.35. The van der Waals surface area contributed by atoms with Gasteiger partial charge in [-0.1, -0.05) is 0 Å². The Labute approximate surface area is 97.1 Å². The van der Waals surface area contributed by atoms with Crippen molar-refractivity contribution in [3.8, 4) is 11.3 Å². The van der Waals surface area contributed by atoms with Gasteiger partial charge in [-0.15, -0.1) is 0 Å². The standard InChI is InChI=1S/C12H10FN3O/c1-3-16-12(17)7-11(15-16)8-4-9(13)6-10(5-8)14-2/h4-7,15H,3H2,1H3. The van der Waals surface area contributed by atoms with Gasteiger partial charge in [0.2, 0.25) is 0 Å². The molecule has 1 heterocycles. The summed E-state index contributed by atoms with van der Waals surface area (Å²) in [5, 5.41) is 2.86. The lowest BCUT2D eigenvalue weighted by Crippen LogP contribution is -2.13. The molecule has 0 saturated heterocycles. The van der Waals surface area contributed by atoms with E-state index in [0.717, 1.165) is 6.07 Å². The quantitative estimate of drug-likeness (QED) is 0.793. The van der Waals surface area contributed by atoms with Crippen LogP contribution in [0.1, 0.15) is 6.92 Å². The number of hydrogen-bond acceptors (Lipinski definition) is 1. The number of rotatable bonds is 2. The first-order chi connectivity index (χ1) is 8.13. The van der Waals surface area contributed by atoms with Crippen molar-refractivity contribution in [1.29, 1.82) is 0 Å². The van der Waals surface area contributed by atoms with Crippen LogP contribution in [0.15, 0.2) is 29.1 Å². The zero-order valence-electron chi connectivity index (χ0n) is 9.20. The maximum atomic E-state index is 13.2. The van der Waals surface area contributed by atoms with Crippen LogP contribution in [0.25, 0.3) is 16.1 Å². The molecule has 4 nitrogen and oxygen atoms in total. The van der Waals surface area contributed by atoms with E-state index >= 15 is 0 Å². The molecule has 0 aliphatic carbocycles. The Morgan fingerprint density at radius 3 is 2.76 bits per heavy atom.